The number of anilines is 1. The fourth-order valence-corrected chi connectivity index (χ4v) is 3.53. The molecule has 3 rings (SSSR count). The van der Waals surface area contributed by atoms with Crippen molar-refractivity contribution in [3.05, 3.63) is 24.0 Å². The van der Waals surface area contributed by atoms with Crippen molar-refractivity contribution >= 4 is 5.69 Å². The summed E-state index contributed by atoms with van der Waals surface area (Å²) in [5.41, 5.74) is 1.97. The summed E-state index contributed by atoms with van der Waals surface area (Å²) in [7, 11) is 2.27. The standard InChI is InChI=1S/C16H25N3O/c1-3-16(20)15-7-6-13(10-17-15)19-9-8-12-4-5-14(11-19)18(12)2/h6-7,10,12,14,16,20H,3-5,8-9,11H2,1-2H3/t12?,14?,16-/m0/s1. The monoisotopic (exact) mass is 275 g/mol. The van der Waals surface area contributed by atoms with Crippen LogP contribution < -0.4 is 4.90 Å². The van der Waals surface area contributed by atoms with Crippen LogP contribution in [-0.4, -0.2) is 47.2 Å². The van der Waals surface area contributed by atoms with Crippen molar-refractivity contribution < 1.29 is 5.11 Å². The Morgan fingerprint density at radius 2 is 2.10 bits per heavy atom. The second-order valence-electron chi connectivity index (χ2n) is 6.15. The molecule has 2 fully saturated rings. The first kappa shape index (κ1) is 13.8. The quantitative estimate of drug-likeness (QED) is 0.918. The molecule has 1 aromatic heterocycles. The maximum atomic E-state index is 9.81. The van der Waals surface area contributed by atoms with Gasteiger partial charge in [-0.15, -0.1) is 0 Å². The highest BCUT2D eigenvalue weighted by molar-refractivity contribution is 5.45. The van der Waals surface area contributed by atoms with E-state index in [1.807, 2.05) is 19.2 Å². The van der Waals surface area contributed by atoms with Crippen LogP contribution in [0.4, 0.5) is 5.69 Å². The molecule has 3 atom stereocenters. The van der Waals surface area contributed by atoms with Gasteiger partial charge in [0.1, 0.15) is 0 Å². The third-order valence-electron chi connectivity index (χ3n) is 5.01. The second-order valence-corrected chi connectivity index (χ2v) is 6.15. The normalized spacial score (nSPS) is 28.4. The maximum Gasteiger partial charge on any atom is 0.0957 e. The van der Waals surface area contributed by atoms with Crippen LogP contribution >= 0.6 is 0 Å². The predicted molar refractivity (Wildman–Crippen MR) is 80.9 cm³/mol. The van der Waals surface area contributed by atoms with E-state index in [-0.39, 0.29) is 0 Å². The van der Waals surface area contributed by atoms with Crippen molar-refractivity contribution in [2.24, 2.45) is 0 Å². The van der Waals surface area contributed by atoms with E-state index in [9.17, 15) is 5.11 Å². The number of pyridine rings is 1. The SMILES string of the molecule is CC[C@H](O)c1ccc(N2CCC3CCC(C2)N3C)cn1. The van der Waals surface area contributed by atoms with Crippen molar-refractivity contribution in [1.29, 1.82) is 0 Å². The minimum atomic E-state index is -0.435. The summed E-state index contributed by atoms with van der Waals surface area (Å²) in [5.74, 6) is 0. The fourth-order valence-electron chi connectivity index (χ4n) is 3.53. The van der Waals surface area contributed by atoms with Crippen LogP contribution in [0.15, 0.2) is 18.3 Å². The molecule has 0 saturated carbocycles. The summed E-state index contributed by atoms with van der Waals surface area (Å²) in [6.45, 7) is 4.19. The molecular weight excluding hydrogens is 250 g/mol. The molecular formula is C16H25N3O. The van der Waals surface area contributed by atoms with Crippen molar-refractivity contribution in [2.75, 3.05) is 25.0 Å². The van der Waals surface area contributed by atoms with E-state index in [1.54, 1.807) is 0 Å². The predicted octanol–water partition coefficient (Wildman–Crippen LogP) is 2.20. The van der Waals surface area contributed by atoms with E-state index in [2.05, 4.69) is 27.9 Å². The molecule has 2 bridgehead atoms. The van der Waals surface area contributed by atoms with E-state index < -0.39 is 6.10 Å². The molecule has 2 unspecified atom stereocenters. The molecule has 20 heavy (non-hydrogen) atoms. The van der Waals surface area contributed by atoms with E-state index in [0.29, 0.717) is 12.5 Å². The van der Waals surface area contributed by atoms with Gasteiger partial charge in [0.15, 0.2) is 0 Å². The number of nitrogens with zero attached hydrogens (tertiary/aromatic N) is 3. The number of fused-ring (bicyclic) bond motifs is 2. The summed E-state index contributed by atoms with van der Waals surface area (Å²) in [6, 6.07) is 5.53. The van der Waals surface area contributed by atoms with Gasteiger partial charge in [-0.25, -0.2) is 0 Å². The molecule has 0 spiro atoms. The lowest BCUT2D eigenvalue weighted by molar-refractivity contribution is 0.169. The van der Waals surface area contributed by atoms with Crippen LogP contribution in [0.2, 0.25) is 0 Å². The molecule has 0 aliphatic carbocycles. The lowest BCUT2D eigenvalue weighted by atomic mass is 10.1. The molecule has 0 aromatic carbocycles. The van der Waals surface area contributed by atoms with Crippen LogP contribution in [0.25, 0.3) is 0 Å². The lowest BCUT2D eigenvalue weighted by Gasteiger charge is -2.27. The smallest absolute Gasteiger partial charge is 0.0957 e. The van der Waals surface area contributed by atoms with Gasteiger partial charge >= 0.3 is 0 Å². The molecule has 1 N–H and O–H groups in total. The molecule has 2 aliphatic rings. The highest BCUT2D eigenvalue weighted by Gasteiger charge is 2.34. The summed E-state index contributed by atoms with van der Waals surface area (Å²) in [5, 5.41) is 9.81. The Morgan fingerprint density at radius 3 is 2.80 bits per heavy atom. The Morgan fingerprint density at radius 1 is 1.30 bits per heavy atom. The number of aromatic nitrogens is 1. The average Bonchev–Trinajstić information content (AvgIpc) is 2.72. The van der Waals surface area contributed by atoms with E-state index in [0.717, 1.165) is 24.8 Å². The van der Waals surface area contributed by atoms with Gasteiger partial charge in [-0.05, 0) is 44.9 Å². The first-order valence-corrected chi connectivity index (χ1v) is 7.80. The van der Waals surface area contributed by atoms with Gasteiger partial charge in [0.2, 0.25) is 0 Å². The Kier molecular flexibility index (Phi) is 3.94. The summed E-state index contributed by atoms with van der Waals surface area (Å²) >= 11 is 0. The Labute approximate surface area is 121 Å². The second kappa shape index (κ2) is 5.70. The van der Waals surface area contributed by atoms with Gasteiger partial charge in [-0.1, -0.05) is 6.92 Å². The van der Waals surface area contributed by atoms with Crippen molar-refractivity contribution in [1.82, 2.24) is 9.88 Å². The Bertz CT molecular complexity index is 448. The topological polar surface area (TPSA) is 39.6 Å². The van der Waals surface area contributed by atoms with Gasteiger partial charge in [0.05, 0.1) is 23.7 Å². The number of rotatable bonds is 3. The zero-order valence-electron chi connectivity index (χ0n) is 12.5. The largest absolute Gasteiger partial charge is 0.387 e. The molecule has 2 aliphatic heterocycles. The number of hydrogen-bond donors (Lipinski definition) is 1. The molecule has 0 amide bonds. The number of likely N-dealkylation sites (N-methyl/N-ethyl adjacent to an activating group) is 1. The first-order chi connectivity index (χ1) is 9.69. The molecule has 1 aromatic rings. The van der Waals surface area contributed by atoms with Gasteiger partial charge in [-0.3, -0.25) is 9.88 Å². The fraction of sp³-hybridized carbons (Fsp3) is 0.688. The van der Waals surface area contributed by atoms with Gasteiger partial charge in [-0.2, -0.15) is 0 Å². The van der Waals surface area contributed by atoms with Crippen LogP contribution in [0.1, 0.15) is 44.4 Å². The van der Waals surface area contributed by atoms with Crippen molar-refractivity contribution in [3.8, 4) is 0 Å². The van der Waals surface area contributed by atoms with Crippen LogP contribution in [0.5, 0.6) is 0 Å². The van der Waals surface area contributed by atoms with Crippen LogP contribution in [0, 0.1) is 0 Å². The van der Waals surface area contributed by atoms with Crippen LogP contribution in [0.3, 0.4) is 0 Å². The highest BCUT2D eigenvalue weighted by atomic mass is 16.3. The number of hydrogen-bond acceptors (Lipinski definition) is 4. The third kappa shape index (κ3) is 2.54. The molecule has 3 heterocycles. The molecule has 2 saturated heterocycles. The van der Waals surface area contributed by atoms with Gasteiger partial charge < -0.3 is 10.0 Å². The summed E-state index contributed by atoms with van der Waals surface area (Å²) in [6.07, 6.45) is 6.12. The zero-order chi connectivity index (χ0) is 14.1. The Balaban J connectivity index is 1.73. The lowest BCUT2D eigenvalue weighted by Crippen LogP contribution is -2.36. The van der Waals surface area contributed by atoms with E-state index in [4.69, 9.17) is 0 Å². The van der Waals surface area contributed by atoms with Gasteiger partial charge in [0, 0.05) is 25.2 Å². The number of aliphatic hydroxyl groups excluding tert-OH is 1. The summed E-state index contributed by atoms with van der Waals surface area (Å²) in [4.78, 5) is 9.44. The van der Waals surface area contributed by atoms with E-state index in [1.165, 1.54) is 24.9 Å². The molecule has 0 radical (unpaired) electrons. The number of aliphatic hydroxyl groups is 1. The average molecular weight is 275 g/mol. The first-order valence-electron chi connectivity index (χ1n) is 7.80. The van der Waals surface area contributed by atoms with Crippen LogP contribution in [-0.2, 0) is 0 Å². The Hall–Kier alpha value is -1.13. The van der Waals surface area contributed by atoms with Crippen molar-refractivity contribution in [3.63, 3.8) is 0 Å². The molecule has 4 nitrogen and oxygen atoms in total. The van der Waals surface area contributed by atoms with Gasteiger partial charge in [0.25, 0.3) is 0 Å². The highest BCUT2D eigenvalue weighted by Crippen LogP contribution is 2.30. The van der Waals surface area contributed by atoms with Crippen molar-refractivity contribution in [2.45, 2.75) is 50.8 Å². The zero-order valence-corrected chi connectivity index (χ0v) is 12.5. The van der Waals surface area contributed by atoms with E-state index >= 15 is 0 Å². The molecule has 4 heteroatoms. The minimum Gasteiger partial charge on any atom is -0.387 e. The molecule has 110 valence electrons. The maximum absolute atomic E-state index is 9.81. The summed E-state index contributed by atoms with van der Waals surface area (Å²) < 4.78 is 0. The minimum absolute atomic E-state index is 0.435. The third-order valence-corrected chi connectivity index (χ3v) is 5.01.